The fraction of sp³-hybridized carbons (Fsp3) is 0.333. The Morgan fingerprint density at radius 3 is 2.56 bits per heavy atom. The van der Waals surface area contributed by atoms with E-state index < -0.39 is 6.04 Å². The predicted molar refractivity (Wildman–Crippen MR) is 33.2 cm³/mol. The van der Waals surface area contributed by atoms with Crippen molar-refractivity contribution in [3.63, 3.8) is 0 Å². The number of rotatable bonds is 3. The Morgan fingerprint density at radius 1 is 1.89 bits per heavy atom. The van der Waals surface area contributed by atoms with Crippen LogP contribution in [0.3, 0.4) is 0 Å². The zero-order valence-electron chi connectivity index (χ0n) is 5.24. The van der Waals surface area contributed by atoms with Crippen molar-refractivity contribution >= 4 is 6.41 Å². The van der Waals surface area contributed by atoms with E-state index in [2.05, 4.69) is 6.58 Å². The van der Waals surface area contributed by atoms with E-state index in [9.17, 15) is 4.79 Å². The highest BCUT2D eigenvalue weighted by Crippen LogP contribution is 1.91. The second-order valence-corrected chi connectivity index (χ2v) is 1.54. The summed E-state index contributed by atoms with van der Waals surface area (Å²) in [6, 6.07) is 1.47. The number of hydrogen-bond acceptors (Lipinski definition) is 2. The lowest BCUT2D eigenvalue weighted by Crippen LogP contribution is -2.24. The zero-order chi connectivity index (χ0) is 7.28. The smallest absolute Gasteiger partial charge is 0.214 e. The highest BCUT2D eigenvalue weighted by molar-refractivity contribution is 5.50. The molecule has 0 rings (SSSR count). The summed E-state index contributed by atoms with van der Waals surface area (Å²) in [5, 5.41) is 8.27. The van der Waals surface area contributed by atoms with E-state index in [-0.39, 0.29) is 0 Å². The fourth-order valence-electron chi connectivity index (χ4n) is 0.359. The fourth-order valence-corrected chi connectivity index (χ4v) is 0.359. The van der Waals surface area contributed by atoms with Crippen LogP contribution in [0.15, 0.2) is 12.8 Å². The van der Waals surface area contributed by atoms with Gasteiger partial charge in [0, 0.05) is 6.20 Å². The number of nitrogens with zero attached hydrogens (tertiary/aromatic N) is 2. The lowest BCUT2D eigenvalue weighted by atomic mass is 10.3. The monoisotopic (exact) mass is 124 g/mol. The molecule has 1 amide bonds. The van der Waals surface area contributed by atoms with Gasteiger partial charge >= 0.3 is 0 Å². The molecule has 0 N–H and O–H groups in total. The number of nitriles is 1. The molecule has 0 aliphatic heterocycles. The molecule has 0 aliphatic carbocycles. The average Bonchev–Trinajstić information content (AvgIpc) is 1.90. The van der Waals surface area contributed by atoms with Gasteiger partial charge in [-0.15, -0.1) is 0 Å². The Bertz CT molecular complexity index is 140. The number of carbonyl (C=O) groups is 1. The van der Waals surface area contributed by atoms with E-state index in [4.69, 9.17) is 5.26 Å². The third-order valence-corrected chi connectivity index (χ3v) is 0.967. The molecule has 0 bridgehead atoms. The molecular weight excluding hydrogens is 116 g/mol. The summed E-state index contributed by atoms with van der Waals surface area (Å²) in [6.07, 6.45) is 1.89. The van der Waals surface area contributed by atoms with Crippen molar-refractivity contribution in [2.75, 3.05) is 0 Å². The van der Waals surface area contributed by atoms with Gasteiger partial charge in [-0.05, 0) is 6.92 Å². The van der Waals surface area contributed by atoms with Crippen LogP contribution in [0.4, 0.5) is 0 Å². The molecule has 0 aromatic rings. The van der Waals surface area contributed by atoms with Crippen LogP contribution in [0.1, 0.15) is 6.92 Å². The molecule has 0 aromatic heterocycles. The summed E-state index contributed by atoms with van der Waals surface area (Å²) in [5.41, 5.74) is 0. The minimum atomic E-state index is -0.417. The Balaban J connectivity index is 3.97. The van der Waals surface area contributed by atoms with Crippen molar-refractivity contribution in [2.45, 2.75) is 13.0 Å². The maximum Gasteiger partial charge on any atom is 0.214 e. The highest BCUT2D eigenvalue weighted by Gasteiger charge is 2.03. The molecule has 1 atom stereocenters. The second kappa shape index (κ2) is 3.67. The van der Waals surface area contributed by atoms with E-state index in [1.54, 1.807) is 6.92 Å². The van der Waals surface area contributed by atoms with Crippen molar-refractivity contribution in [3.8, 4) is 6.07 Å². The van der Waals surface area contributed by atoms with Gasteiger partial charge in [-0.3, -0.25) is 4.79 Å². The van der Waals surface area contributed by atoms with Gasteiger partial charge in [-0.2, -0.15) is 5.26 Å². The van der Waals surface area contributed by atoms with Gasteiger partial charge in [0.15, 0.2) is 0 Å². The summed E-state index contributed by atoms with van der Waals surface area (Å²) in [6.45, 7) is 4.97. The molecule has 3 nitrogen and oxygen atoms in total. The van der Waals surface area contributed by atoms with Crippen molar-refractivity contribution in [1.82, 2.24) is 4.90 Å². The summed E-state index contributed by atoms with van der Waals surface area (Å²) < 4.78 is 0. The molecule has 0 heterocycles. The van der Waals surface area contributed by atoms with Gasteiger partial charge in [0.25, 0.3) is 0 Å². The van der Waals surface area contributed by atoms with Gasteiger partial charge in [0.05, 0.1) is 6.07 Å². The third-order valence-electron chi connectivity index (χ3n) is 0.967. The lowest BCUT2D eigenvalue weighted by molar-refractivity contribution is -0.116. The largest absolute Gasteiger partial charge is 0.306 e. The van der Waals surface area contributed by atoms with Gasteiger partial charge < -0.3 is 4.90 Å². The molecule has 0 fully saturated rings. The molecule has 1 unspecified atom stereocenters. The topological polar surface area (TPSA) is 44.1 Å². The average molecular weight is 124 g/mol. The van der Waals surface area contributed by atoms with E-state index in [0.29, 0.717) is 6.41 Å². The standard InChI is InChI=1S/C6H8N2O/c1-3-8(5-9)6(2)4-7/h3,5-6H,1H2,2H3. The summed E-state index contributed by atoms with van der Waals surface area (Å²) in [4.78, 5) is 11.2. The Labute approximate surface area is 54.2 Å². The van der Waals surface area contributed by atoms with Gasteiger partial charge in [-0.25, -0.2) is 0 Å². The van der Waals surface area contributed by atoms with E-state index in [1.807, 2.05) is 6.07 Å². The second-order valence-electron chi connectivity index (χ2n) is 1.54. The highest BCUT2D eigenvalue weighted by atomic mass is 16.1. The van der Waals surface area contributed by atoms with Crippen LogP contribution < -0.4 is 0 Å². The minimum absolute atomic E-state index is 0.417. The van der Waals surface area contributed by atoms with Crippen LogP contribution in [0.2, 0.25) is 0 Å². The summed E-state index contributed by atoms with van der Waals surface area (Å²) >= 11 is 0. The summed E-state index contributed by atoms with van der Waals surface area (Å²) in [7, 11) is 0. The van der Waals surface area contributed by atoms with Crippen molar-refractivity contribution in [1.29, 1.82) is 5.26 Å². The molecule has 9 heavy (non-hydrogen) atoms. The zero-order valence-corrected chi connectivity index (χ0v) is 5.24. The number of hydrogen-bond donors (Lipinski definition) is 0. The van der Waals surface area contributed by atoms with Crippen LogP contribution in [0.25, 0.3) is 0 Å². The number of amides is 1. The summed E-state index contributed by atoms with van der Waals surface area (Å²) in [5.74, 6) is 0. The van der Waals surface area contributed by atoms with Crippen LogP contribution in [-0.2, 0) is 4.79 Å². The minimum Gasteiger partial charge on any atom is -0.306 e. The molecule has 0 saturated heterocycles. The molecule has 0 spiro atoms. The first-order valence-electron chi connectivity index (χ1n) is 2.51. The molecule has 48 valence electrons. The van der Waals surface area contributed by atoms with E-state index >= 15 is 0 Å². The molecule has 0 saturated carbocycles. The van der Waals surface area contributed by atoms with Gasteiger partial charge in [0.1, 0.15) is 6.04 Å². The van der Waals surface area contributed by atoms with Gasteiger partial charge in [-0.1, -0.05) is 6.58 Å². The quantitative estimate of drug-likeness (QED) is 0.514. The van der Waals surface area contributed by atoms with Crippen molar-refractivity contribution in [3.05, 3.63) is 12.8 Å². The van der Waals surface area contributed by atoms with E-state index in [0.717, 1.165) is 0 Å². The maximum absolute atomic E-state index is 10.0. The Morgan fingerprint density at radius 2 is 2.44 bits per heavy atom. The maximum atomic E-state index is 10.0. The van der Waals surface area contributed by atoms with Gasteiger partial charge in [0.2, 0.25) is 6.41 Å². The third kappa shape index (κ3) is 1.96. The first kappa shape index (κ1) is 7.70. The molecule has 0 aliphatic rings. The normalized spacial score (nSPS) is 11.1. The SMILES string of the molecule is C=CN(C=O)C(C)C#N. The van der Waals surface area contributed by atoms with Crippen LogP contribution in [-0.4, -0.2) is 17.4 Å². The van der Waals surface area contributed by atoms with Crippen LogP contribution in [0, 0.1) is 11.3 Å². The molecule has 0 radical (unpaired) electrons. The van der Waals surface area contributed by atoms with Crippen molar-refractivity contribution in [2.24, 2.45) is 0 Å². The molecule has 3 heteroatoms. The Kier molecular flexibility index (Phi) is 3.14. The lowest BCUT2D eigenvalue weighted by Gasteiger charge is -2.12. The molecule has 0 aromatic carbocycles. The predicted octanol–water partition coefficient (Wildman–Crippen LogP) is 0.500. The Hall–Kier alpha value is -1.30. The van der Waals surface area contributed by atoms with Crippen LogP contribution in [0.5, 0.6) is 0 Å². The number of carbonyl (C=O) groups excluding carboxylic acids is 1. The molecular formula is C6H8N2O. The van der Waals surface area contributed by atoms with Crippen molar-refractivity contribution < 1.29 is 4.79 Å². The first-order chi connectivity index (χ1) is 4.26. The van der Waals surface area contributed by atoms with Crippen LogP contribution >= 0.6 is 0 Å². The van der Waals surface area contributed by atoms with E-state index in [1.165, 1.54) is 11.1 Å². The first-order valence-corrected chi connectivity index (χ1v) is 2.51.